The third-order valence-corrected chi connectivity index (χ3v) is 2.91. The highest BCUT2D eigenvalue weighted by molar-refractivity contribution is 6.00. The second-order valence-corrected chi connectivity index (χ2v) is 4.30. The van der Waals surface area contributed by atoms with E-state index in [9.17, 15) is 4.39 Å². The Labute approximate surface area is 116 Å². The van der Waals surface area contributed by atoms with E-state index in [0.29, 0.717) is 23.5 Å². The molecule has 20 heavy (non-hydrogen) atoms. The van der Waals surface area contributed by atoms with Crippen LogP contribution in [0.2, 0.25) is 0 Å². The summed E-state index contributed by atoms with van der Waals surface area (Å²) >= 11 is 0. The van der Waals surface area contributed by atoms with Crippen LogP contribution in [-0.2, 0) is 6.54 Å². The highest BCUT2D eigenvalue weighted by Crippen LogP contribution is 2.20. The van der Waals surface area contributed by atoms with Crippen molar-refractivity contribution in [3.8, 4) is 0 Å². The maximum Gasteiger partial charge on any atom is 0.190 e. The molecule has 0 bridgehead atoms. The maximum atomic E-state index is 13.7. The van der Waals surface area contributed by atoms with E-state index < -0.39 is 0 Å². The standard InChI is InChI=1S/C14H15FN4O/c1-19(9-10-5-2-3-6-11(10)15)12-7-4-8-17-13(12)14(16)18-20/h2-8,20H,9H2,1H3,(H2,16,18). The fourth-order valence-corrected chi connectivity index (χ4v) is 1.92. The largest absolute Gasteiger partial charge is 0.409 e. The minimum absolute atomic E-state index is 0.0824. The number of halogens is 1. The number of pyridine rings is 1. The lowest BCUT2D eigenvalue weighted by molar-refractivity contribution is 0.318. The molecular formula is C14H15FN4O. The lowest BCUT2D eigenvalue weighted by atomic mass is 10.2. The van der Waals surface area contributed by atoms with Gasteiger partial charge in [-0.2, -0.15) is 0 Å². The molecule has 6 heteroatoms. The van der Waals surface area contributed by atoms with Crippen LogP contribution in [0.4, 0.5) is 10.1 Å². The van der Waals surface area contributed by atoms with Gasteiger partial charge in [0.25, 0.3) is 0 Å². The summed E-state index contributed by atoms with van der Waals surface area (Å²) in [6.45, 7) is 0.351. The van der Waals surface area contributed by atoms with Crippen molar-refractivity contribution in [3.05, 3.63) is 59.7 Å². The van der Waals surface area contributed by atoms with E-state index in [0.717, 1.165) is 0 Å². The van der Waals surface area contributed by atoms with Crippen LogP contribution in [0.5, 0.6) is 0 Å². The number of hydrogen-bond acceptors (Lipinski definition) is 4. The summed E-state index contributed by atoms with van der Waals surface area (Å²) in [7, 11) is 1.79. The van der Waals surface area contributed by atoms with Crippen LogP contribution in [-0.4, -0.2) is 23.1 Å². The zero-order valence-corrected chi connectivity index (χ0v) is 11.0. The number of nitrogens with zero attached hydrogens (tertiary/aromatic N) is 3. The molecule has 0 amide bonds. The van der Waals surface area contributed by atoms with Gasteiger partial charge in [-0.05, 0) is 18.2 Å². The number of hydrogen-bond donors (Lipinski definition) is 2. The molecule has 2 rings (SSSR count). The van der Waals surface area contributed by atoms with E-state index in [4.69, 9.17) is 10.9 Å². The van der Waals surface area contributed by atoms with Crippen molar-refractivity contribution in [1.82, 2.24) is 4.98 Å². The summed E-state index contributed by atoms with van der Waals surface area (Å²) in [5, 5.41) is 11.7. The molecule has 0 unspecified atom stereocenters. The minimum Gasteiger partial charge on any atom is -0.409 e. The van der Waals surface area contributed by atoms with Gasteiger partial charge >= 0.3 is 0 Å². The van der Waals surface area contributed by atoms with Gasteiger partial charge in [0.15, 0.2) is 5.84 Å². The van der Waals surface area contributed by atoms with E-state index in [1.165, 1.54) is 6.07 Å². The molecule has 1 aromatic heterocycles. The molecule has 104 valence electrons. The molecule has 0 aliphatic carbocycles. The summed E-state index contributed by atoms with van der Waals surface area (Å²) in [5.41, 5.74) is 7.17. The minimum atomic E-state index is -0.270. The third-order valence-electron chi connectivity index (χ3n) is 2.91. The van der Waals surface area contributed by atoms with Gasteiger partial charge in [-0.25, -0.2) is 4.39 Å². The van der Waals surface area contributed by atoms with Crippen LogP contribution in [0.1, 0.15) is 11.3 Å². The molecule has 0 atom stereocenters. The Hall–Kier alpha value is -2.63. The molecule has 3 N–H and O–H groups in total. The molecule has 1 aromatic carbocycles. The molecule has 5 nitrogen and oxygen atoms in total. The second-order valence-electron chi connectivity index (χ2n) is 4.30. The number of rotatable bonds is 4. The Morgan fingerprint density at radius 2 is 2.10 bits per heavy atom. The monoisotopic (exact) mass is 274 g/mol. The quantitative estimate of drug-likeness (QED) is 0.387. The van der Waals surface area contributed by atoms with Gasteiger partial charge in [-0.15, -0.1) is 0 Å². The van der Waals surface area contributed by atoms with Crippen LogP contribution in [0.15, 0.2) is 47.8 Å². The van der Waals surface area contributed by atoms with Crippen LogP contribution in [0, 0.1) is 5.82 Å². The zero-order chi connectivity index (χ0) is 14.5. The number of anilines is 1. The first-order valence-electron chi connectivity index (χ1n) is 6.01. The van der Waals surface area contributed by atoms with Crippen LogP contribution < -0.4 is 10.6 Å². The molecule has 1 heterocycles. The van der Waals surface area contributed by atoms with Gasteiger partial charge in [0, 0.05) is 25.4 Å². The van der Waals surface area contributed by atoms with Crippen LogP contribution in [0.25, 0.3) is 0 Å². The van der Waals surface area contributed by atoms with Gasteiger partial charge < -0.3 is 15.8 Å². The molecular weight excluding hydrogens is 259 g/mol. The molecule has 0 saturated carbocycles. The van der Waals surface area contributed by atoms with Gasteiger partial charge in [0.1, 0.15) is 11.5 Å². The van der Waals surface area contributed by atoms with Gasteiger partial charge in [-0.1, -0.05) is 23.4 Å². The van der Waals surface area contributed by atoms with E-state index in [1.54, 1.807) is 48.5 Å². The fraction of sp³-hybridized carbons (Fsp3) is 0.143. The number of amidine groups is 1. The highest BCUT2D eigenvalue weighted by atomic mass is 19.1. The summed E-state index contributed by atoms with van der Waals surface area (Å²) < 4.78 is 13.7. The summed E-state index contributed by atoms with van der Waals surface area (Å²) in [6.07, 6.45) is 1.55. The second kappa shape index (κ2) is 6.01. The normalized spacial score (nSPS) is 11.4. The molecule has 0 saturated heterocycles. The van der Waals surface area contributed by atoms with Crippen molar-refractivity contribution in [1.29, 1.82) is 0 Å². The molecule has 0 fully saturated rings. The molecule has 0 aliphatic heterocycles. The molecule has 0 aliphatic rings. The van der Waals surface area contributed by atoms with Crippen molar-refractivity contribution in [2.75, 3.05) is 11.9 Å². The average molecular weight is 274 g/mol. The number of benzene rings is 1. The Kier molecular flexibility index (Phi) is 4.14. The fourth-order valence-electron chi connectivity index (χ4n) is 1.92. The number of nitrogens with two attached hydrogens (primary N) is 1. The van der Waals surface area contributed by atoms with Gasteiger partial charge in [0.2, 0.25) is 0 Å². The SMILES string of the molecule is CN(Cc1ccccc1F)c1cccnc1/C(N)=N/O. The number of oxime groups is 1. The van der Waals surface area contributed by atoms with E-state index in [1.807, 2.05) is 0 Å². The van der Waals surface area contributed by atoms with Crippen molar-refractivity contribution >= 4 is 11.5 Å². The van der Waals surface area contributed by atoms with Crippen molar-refractivity contribution < 1.29 is 9.60 Å². The first-order chi connectivity index (χ1) is 9.63. The Balaban J connectivity index is 2.30. The average Bonchev–Trinajstić information content (AvgIpc) is 2.48. The number of aromatic nitrogens is 1. The first kappa shape index (κ1) is 13.8. The van der Waals surface area contributed by atoms with E-state index in [-0.39, 0.29) is 11.7 Å². The Morgan fingerprint density at radius 3 is 2.80 bits per heavy atom. The Morgan fingerprint density at radius 1 is 1.35 bits per heavy atom. The van der Waals surface area contributed by atoms with Gasteiger partial charge in [-0.3, -0.25) is 4.98 Å². The lowest BCUT2D eigenvalue weighted by Crippen LogP contribution is -2.24. The topological polar surface area (TPSA) is 74.7 Å². The molecule has 0 spiro atoms. The van der Waals surface area contributed by atoms with Crippen molar-refractivity contribution in [2.24, 2.45) is 10.9 Å². The van der Waals surface area contributed by atoms with E-state index >= 15 is 0 Å². The maximum absolute atomic E-state index is 13.7. The highest BCUT2D eigenvalue weighted by Gasteiger charge is 2.13. The predicted molar refractivity (Wildman–Crippen MR) is 75.3 cm³/mol. The van der Waals surface area contributed by atoms with Crippen molar-refractivity contribution in [2.45, 2.75) is 6.54 Å². The van der Waals surface area contributed by atoms with Crippen molar-refractivity contribution in [3.63, 3.8) is 0 Å². The first-order valence-corrected chi connectivity index (χ1v) is 6.01. The summed E-state index contributed by atoms with van der Waals surface area (Å²) in [6, 6.07) is 10.1. The summed E-state index contributed by atoms with van der Waals surface area (Å²) in [4.78, 5) is 5.87. The lowest BCUT2D eigenvalue weighted by Gasteiger charge is -2.21. The molecule has 2 aromatic rings. The van der Waals surface area contributed by atoms with E-state index in [2.05, 4.69) is 10.1 Å². The zero-order valence-electron chi connectivity index (χ0n) is 11.0. The predicted octanol–water partition coefficient (Wildman–Crippen LogP) is 1.95. The summed E-state index contributed by atoms with van der Waals surface area (Å²) in [5.74, 6) is -0.352. The van der Waals surface area contributed by atoms with Gasteiger partial charge in [0.05, 0.1) is 5.69 Å². The Bertz CT molecular complexity index is 630. The van der Waals surface area contributed by atoms with Crippen LogP contribution >= 0.6 is 0 Å². The smallest absolute Gasteiger partial charge is 0.190 e. The third kappa shape index (κ3) is 2.85. The molecule has 0 radical (unpaired) electrons. The van der Waals surface area contributed by atoms with Crippen LogP contribution in [0.3, 0.4) is 0 Å².